The topological polar surface area (TPSA) is 27.7 Å². The van der Waals surface area contributed by atoms with Crippen LogP contribution in [0.25, 0.3) is 11.1 Å². The molecule has 2 atom stereocenters. The smallest absolute Gasteiger partial charge is 0.201 e. The van der Waals surface area contributed by atoms with E-state index in [1.54, 1.807) is 6.07 Å². The summed E-state index contributed by atoms with van der Waals surface area (Å²) >= 11 is 0. The summed E-state index contributed by atoms with van der Waals surface area (Å²) < 4.78 is 60.5. The second kappa shape index (κ2) is 10.8. The van der Waals surface area contributed by atoms with E-state index in [4.69, 9.17) is 14.2 Å². The quantitative estimate of drug-likeness (QED) is 0.426. The lowest BCUT2D eigenvalue weighted by Crippen LogP contribution is -2.27. The normalized spacial score (nSPS) is 19.1. The molecular weight excluding hydrogens is 393 g/mol. The van der Waals surface area contributed by atoms with Gasteiger partial charge in [-0.25, -0.2) is 8.78 Å². The predicted octanol–water partition coefficient (Wildman–Crippen LogP) is 6.60. The fraction of sp³-hybridized carbons (Fsp3) is 0.500. The summed E-state index contributed by atoms with van der Waals surface area (Å²) in [6.45, 7) is 5.40. The van der Waals surface area contributed by atoms with Crippen molar-refractivity contribution < 1.29 is 27.4 Å². The molecule has 164 valence electrons. The highest BCUT2D eigenvalue weighted by Crippen LogP contribution is 2.35. The predicted molar refractivity (Wildman–Crippen MR) is 110 cm³/mol. The zero-order valence-corrected chi connectivity index (χ0v) is 17.6. The van der Waals surface area contributed by atoms with E-state index in [2.05, 4.69) is 0 Å². The van der Waals surface area contributed by atoms with Crippen LogP contribution in [-0.4, -0.2) is 25.9 Å². The van der Waals surface area contributed by atoms with Crippen molar-refractivity contribution >= 4 is 0 Å². The summed E-state index contributed by atoms with van der Waals surface area (Å²) in [5, 5.41) is 0. The van der Waals surface area contributed by atoms with E-state index in [1.165, 1.54) is 24.3 Å². The molecule has 0 amide bonds. The lowest BCUT2D eigenvalue weighted by Gasteiger charge is -2.29. The molecule has 0 bridgehead atoms. The third kappa shape index (κ3) is 5.35. The van der Waals surface area contributed by atoms with Crippen LogP contribution in [0.15, 0.2) is 30.3 Å². The minimum Gasteiger partial charge on any atom is -0.490 e. The Labute approximate surface area is 176 Å². The summed E-state index contributed by atoms with van der Waals surface area (Å²) in [5.41, 5.74) is 0.567. The van der Waals surface area contributed by atoms with E-state index >= 15 is 0 Å². The zero-order chi connectivity index (χ0) is 21.5. The first-order valence-corrected chi connectivity index (χ1v) is 10.7. The number of halogens is 3. The van der Waals surface area contributed by atoms with Crippen molar-refractivity contribution in [2.45, 2.75) is 58.2 Å². The number of unbranched alkanes of at least 4 members (excludes halogenated alkanes) is 2. The summed E-state index contributed by atoms with van der Waals surface area (Å²) in [4.78, 5) is 0. The van der Waals surface area contributed by atoms with Crippen LogP contribution in [0.1, 0.15) is 57.6 Å². The lowest BCUT2D eigenvalue weighted by atomic mass is 9.96. The van der Waals surface area contributed by atoms with Crippen LogP contribution in [0.5, 0.6) is 5.75 Å². The standard InChI is InChI=1S/C24H29F3O3/c1-3-5-6-13-29-22-12-10-19(23(26)24(22)27)18-9-7-16(14-20(18)25)21-11-8-17(15-30-21)28-4-2/h7,9-10,12,14,17,21H,3-6,8,11,13,15H2,1-2H3. The molecule has 1 saturated heterocycles. The molecule has 3 rings (SSSR count). The van der Waals surface area contributed by atoms with Crippen LogP contribution < -0.4 is 4.74 Å². The number of ether oxygens (including phenoxy) is 3. The average molecular weight is 422 g/mol. The van der Waals surface area contributed by atoms with Gasteiger partial charge in [-0.15, -0.1) is 0 Å². The third-order valence-electron chi connectivity index (χ3n) is 5.34. The van der Waals surface area contributed by atoms with Gasteiger partial charge >= 0.3 is 0 Å². The summed E-state index contributed by atoms with van der Waals surface area (Å²) in [6, 6.07) is 7.23. The highest BCUT2D eigenvalue weighted by molar-refractivity contribution is 5.66. The molecule has 2 aromatic rings. The molecule has 0 aliphatic carbocycles. The molecular formula is C24H29F3O3. The average Bonchev–Trinajstić information content (AvgIpc) is 2.75. The molecule has 0 N–H and O–H groups in total. The molecule has 1 fully saturated rings. The van der Waals surface area contributed by atoms with Crippen LogP contribution in [0.2, 0.25) is 0 Å². The second-order valence-corrected chi connectivity index (χ2v) is 7.51. The van der Waals surface area contributed by atoms with Gasteiger partial charge in [0.15, 0.2) is 11.6 Å². The van der Waals surface area contributed by atoms with Gasteiger partial charge in [0.05, 0.1) is 25.4 Å². The van der Waals surface area contributed by atoms with Gasteiger partial charge in [-0.1, -0.05) is 31.9 Å². The third-order valence-corrected chi connectivity index (χ3v) is 5.34. The Kier molecular flexibility index (Phi) is 8.16. The monoisotopic (exact) mass is 422 g/mol. The summed E-state index contributed by atoms with van der Waals surface area (Å²) in [6.07, 6.45) is 4.12. The van der Waals surface area contributed by atoms with Crippen LogP contribution >= 0.6 is 0 Å². The van der Waals surface area contributed by atoms with E-state index in [9.17, 15) is 13.2 Å². The fourth-order valence-corrected chi connectivity index (χ4v) is 3.69. The Morgan fingerprint density at radius 3 is 2.43 bits per heavy atom. The Hall–Kier alpha value is -2.05. The molecule has 0 spiro atoms. The van der Waals surface area contributed by atoms with Crippen LogP contribution in [0.4, 0.5) is 13.2 Å². The molecule has 0 radical (unpaired) electrons. The van der Waals surface area contributed by atoms with Crippen LogP contribution in [-0.2, 0) is 9.47 Å². The largest absolute Gasteiger partial charge is 0.490 e. The molecule has 1 aliphatic rings. The molecule has 30 heavy (non-hydrogen) atoms. The van der Waals surface area contributed by atoms with Crippen molar-refractivity contribution in [3.05, 3.63) is 53.3 Å². The van der Waals surface area contributed by atoms with Gasteiger partial charge in [0.1, 0.15) is 5.82 Å². The first-order valence-electron chi connectivity index (χ1n) is 10.7. The van der Waals surface area contributed by atoms with E-state index in [0.717, 1.165) is 32.1 Å². The molecule has 1 aliphatic heterocycles. The van der Waals surface area contributed by atoms with Crippen molar-refractivity contribution in [2.75, 3.05) is 19.8 Å². The highest BCUT2D eigenvalue weighted by Gasteiger charge is 2.25. The Bertz CT molecular complexity index is 833. The van der Waals surface area contributed by atoms with E-state index in [1.807, 2.05) is 13.8 Å². The molecule has 2 aromatic carbocycles. The minimum atomic E-state index is -1.11. The number of rotatable bonds is 9. The molecule has 2 unspecified atom stereocenters. The Morgan fingerprint density at radius 2 is 1.77 bits per heavy atom. The first-order chi connectivity index (χ1) is 14.5. The molecule has 6 heteroatoms. The maximum Gasteiger partial charge on any atom is 0.201 e. The Morgan fingerprint density at radius 1 is 0.967 bits per heavy atom. The van der Waals surface area contributed by atoms with Crippen LogP contribution in [0.3, 0.4) is 0 Å². The maximum atomic E-state index is 14.8. The van der Waals surface area contributed by atoms with E-state index in [-0.39, 0.29) is 29.1 Å². The van der Waals surface area contributed by atoms with Crippen molar-refractivity contribution in [1.82, 2.24) is 0 Å². The number of hydrogen-bond donors (Lipinski definition) is 0. The van der Waals surface area contributed by atoms with Crippen molar-refractivity contribution in [3.63, 3.8) is 0 Å². The molecule has 1 heterocycles. The lowest BCUT2D eigenvalue weighted by molar-refractivity contribution is -0.0840. The van der Waals surface area contributed by atoms with Gasteiger partial charge in [0, 0.05) is 17.7 Å². The van der Waals surface area contributed by atoms with Crippen molar-refractivity contribution in [3.8, 4) is 16.9 Å². The van der Waals surface area contributed by atoms with Gasteiger partial charge in [0.25, 0.3) is 0 Å². The fourth-order valence-electron chi connectivity index (χ4n) is 3.69. The molecule has 0 saturated carbocycles. The van der Waals surface area contributed by atoms with Crippen molar-refractivity contribution in [1.29, 1.82) is 0 Å². The van der Waals surface area contributed by atoms with Gasteiger partial charge < -0.3 is 14.2 Å². The molecule has 3 nitrogen and oxygen atoms in total. The summed E-state index contributed by atoms with van der Waals surface area (Å²) in [7, 11) is 0. The number of benzene rings is 2. The van der Waals surface area contributed by atoms with Gasteiger partial charge in [-0.3, -0.25) is 0 Å². The van der Waals surface area contributed by atoms with Crippen LogP contribution in [0, 0.1) is 17.5 Å². The highest BCUT2D eigenvalue weighted by atomic mass is 19.2. The van der Waals surface area contributed by atoms with Gasteiger partial charge in [-0.2, -0.15) is 4.39 Å². The summed E-state index contributed by atoms with van der Waals surface area (Å²) in [5.74, 6) is -2.96. The Balaban J connectivity index is 1.73. The SMILES string of the molecule is CCCCCOc1ccc(-c2ccc(C3CCC(OCC)CO3)cc2F)c(F)c1F. The molecule has 0 aromatic heterocycles. The second-order valence-electron chi connectivity index (χ2n) is 7.51. The van der Waals surface area contributed by atoms with Crippen molar-refractivity contribution in [2.24, 2.45) is 0 Å². The zero-order valence-electron chi connectivity index (χ0n) is 17.6. The van der Waals surface area contributed by atoms with E-state index in [0.29, 0.717) is 25.4 Å². The number of hydrogen-bond acceptors (Lipinski definition) is 3. The van der Waals surface area contributed by atoms with E-state index < -0.39 is 17.5 Å². The first kappa shape index (κ1) is 22.6. The van der Waals surface area contributed by atoms with Gasteiger partial charge in [-0.05, 0) is 49.9 Å². The minimum absolute atomic E-state index is 0.00989. The van der Waals surface area contributed by atoms with Gasteiger partial charge in [0.2, 0.25) is 5.82 Å². The maximum absolute atomic E-state index is 14.8.